The average molecular weight is 326 g/mol. The van der Waals surface area contributed by atoms with Crippen LogP contribution in [-0.2, 0) is 16.6 Å². The van der Waals surface area contributed by atoms with Gasteiger partial charge < -0.3 is 5.11 Å². The standard InChI is InChI=1S/C14H12ClNO4S/c15-12-5-2-6-13(8-12)21(19,20)16-9-10-3-1-4-11(7-10)14(17)18/h1-8,16H,9H2,(H,17,18). The van der Waals surface area contributed by atoms with Gasteiger partial charge in [-0.15, -0.1) is 0 Å². The molecular formula is C14H12ClNO4S. The molecule has 0 aliphatic carbocycles. The van der Waals surface area contributed by atoms with E-state index in [9.17, 15) is 13.2 Å². The van der Waals surface area contributed by atoms with Crippen LogP contribution in [-0.4, -0.2) is 19.5 Å². The first-order chi connectivity index (χ1) is 9.88. The highest BCUT2D eigenvalue weighted by molar-refractivity contribution is 7.89. The average Bonchev–Trinajstić information content (AvgIpc) is 2.45. The zero-order valence-electron chi connectivity index (χ0n) is 10.8. The molecular weight excluding hydrogens is 314 g/mol. The van der Waals surface area contributed by atoms with Crippen molar-refractivity contribution in [3.05, 3.63) is 64.7 Å². The second-order valence-corrected chi connectivity index (χ2v) is 6.49. The number of sulfonamides is 1. The largest absolute Gasteiger partial charge is 0.478 e. The molecule has 21 heavy (non-hydrogen) atoms. The van der Waals surface area contributed by atoms with Crippen molar-refractivity contribution in [2.75, 3.05) is 0 Å². The summed E-state index contributed by atoms with van der Waals surface area (Å²) in [6.07, 6.45) is 0. The van der Waals surface area contributed by atoms with Gasteiger partial charge in [-0.25, -0.2) is 17.9 Å². The Hall–Kier alpha value is -1.89. The fourth-order valence-electron chi connectivity index (χ4n) is 1.71. The minimum atomic E-state index is -3.70. The van der Waals surface area contributed by atoms with Crippen molar-refractivity contribution in [2.45, 2.75) is 11.4 Å². The Morgan fingerprint density at radius 1 is 1.14 bits per heavy atom. The topological polar surface area (TPSA) is 83.5 Å². The molecule has 2 aromatic carbocycles. The Balaban J connectivity index is 2.15. The van der Waals surface area contributed by atoms with Gasteiger partial charge in [0.2, 0.25) is 10.0 Å². The van der Waals surface area contributed by atoms with E-state index in [1.54, 1.807) is 24.3 Å². The van der Waals surface area contributed by atoms with Crippen LogP contribution >= 0.6 is 11.6 Å². The minimum Gasteiger partial charge on any atom is -0.478 e. The van der Waals surface area contributed by atoms with E-state index in [1.807, 2.05) is 0 Å². The Morgan fingerprint density at radius 2 is 1.86 bits per heavy atom. The number of nitrogens with one attached hydrogen (secondary N) is 1. The number of carboxylic acids is 1. The predicted octanol–water partition coefficient (Wildman–Crippen LogP) is 2.52. The molecule has 0 aliphatic heterocycles. The summed E-state index contributed by atoms with van der Waals surface area (Å²) >= 11 is 5.77. The molecule has 2 N–H and O–H groups in total. The van der Waals surface area contributed by atoms with Gasteiger partial charge in [0.25, 0.3) is 0 Å². The molecule has 0 aromatic heterocycles. The smallest absolute Gasteiger partial charge is 0.335 e. The van der Waals surface area contributed by atoms with Gasteiger partial charge in [-0.2, -0.15) is 0 Å². The summed E-state index contributed by atoms with van der Waals surface area (Å²) in [6, 6.07) is 12.0. The molecule has 0 radical (unpaired) electrons. The molecule has 0 heterocycles. The lowest BCUT2D eigenvalue weighted by molar-refractivity contribution is 0.0696. The fraction of sp³-hybridized carbons (Fsp3) is 0.0714. The number of carbonyl (C=O) groups is 1. The van der Waals surface area contributed by atoms with Gasteiger partial charge in [0.1, 0.15) is 0 Å². The molecule has 0 amide bonds. The van der Waals surface area contributed by atoms with Crippen LogP contribution in [0.5, 0.6) is 0 Å². The van der Waals surface area contributed by atoms with E-state index in [-0.39, 0.29) is 17.0 Å². The lowest BCUT2D eigenvalue weighted by atomic mass is 10.1. The number of aromatic carboxylic acids is 1. The third-order valence-electron chi connectivity index (χ3n) is 2.75. The van der Waals surface area contributed by atoms with Crippen LogP contribution < -0.4 is 4.72 Å². The summed E-state index contributed by atoms with van der Waals surface area (Å²) < 4.78 is 26.6. The Morgan fingerprint density at radius 3 is 2.52 bits per heavy atom. The highest BCUT2D eigenvalue weighted by Crippen LogP contribution is 2.15. The van der Waals surface area contributed by atoms with E-state index in [0.29, 0.717) is 10.6 Å². The number of hydrogen-bond donors (Lipinski definition) is 2. The molecule has 0 fully saturated rings. The van der Waals surface area contributed by atoms with Gasteiger partial charge in [0, 0.05) is 11.6 Å². The fourth-order valence-corrected chi connectivity index (χ4v) is 3.03. The van der Waals surface area contributed by atoms with Gasteiger partial charge in [-0.1, -0.05) is 29.8 Å². The summed E-state index contributed by atoms with van der Waals surface area (Å²) in [5, 5.41) is 9.22. The van der Waals surface area contributed by atoms with E-state index in [0.717, 1.165) is 0 Å². The van der Waals surface area contributed by atoms with Crippen molar-refractivity contribution in [1.82, 2.24) is 4.72 Å². The Kier molecular flexibility index (Phi) is 4.62. The summed E-state index contributed by atoms with van der Waals surface area (Å²) in [7, 11) is -3.70. The molecule has 2 rings (SSSR count). The van der Waals surface area contributed by atoms with Crippen LogP contribution in [0.15, 0.2) is 53.4 Å². The van der Waals surface area contributed by atoms with Gasteiger partial charge in [0.05, 0.1) is 10.5 Å². The van der Waals surface area contributed by atoms with Crippen molar-refractivity contribution < 1.29 is 18.3 Å². The second-order valence-electron chi connectivity index (χ2n) is 4.29. The highest BCUT2D eigenvalue weighted by atomic mass is 35.5. The van der Waals surface area contributed by atoms with Crippen LogP contribution in [0.1, 0.15) is 15.9 Å². The second kappa shape index (κ2) is 6.26. The molecule has 7 heteroatoms. The van der Waals surface area contributed by atoms with Crippen molar-refractivity contribution in [3.8, 4) is 0 Å². The summed E-state index contributed by atoms with van der Waals surface area (Å²) in [4.78, 5) is 10.9. The van der Waals surface area contributed by atoms with Crippen LogP contribution in [0.4, 0.5) is 0 Å². The summed E-state index contributed by atoms with van der Waals surface area (Å²) in [5.41, 5.74) is 0.662. The predicted molar refractivity (Wildman–Crippen MR) is 78.9 cm³/mol. The third-order valence-corrected chi connectivity index (χ3v) is 4.38. The number of benzene rings is 2. The summed E-state index contributed by atoms with van der Waals surface area (Å²) in [5.74, 6) is -1.06. The quantitative estimate of drug-likeness (QED) is 0.884. The van der Waals surface area contributed by atoms with E-state index in [2.05, 4.69) is 4.72 Å². The van der Waals surface area contributed by atoms with E-state index >= 15 is 0 Å². The van der Waals surface area contributed by atoms with Gasteiger partial charge in [0.15, 0.2) is 0 Å². The van der Waals surface area contributed by atoms with Crippen molar-refractivity contribution >= 4 is 27.6 Å². The van der Waals surface area contributed by atoms with E-state index in [1.165, 1.54) is 24.3 Å². The van der Waals surface area contributed by atoms with E-state index < -0.39 is 16.0 Å². The lowest BCUT2D eigenvalue weighted by Crippen LogP contribution is -2.23. The molecule has 5 nitrogen and oxygen atoms in total. The van der Waals surface area contributed by atoms with Gasteiger partial charge in [-0.05, 0) is 35.9 Å². The monoisotopic (exact) mass is 325 g/mol. The zero-order chi connectivity index (χ0) is 15.5. The summed E-state index contributed by atoms with van der Waals surface area (Å²) in [6.45, 7) is -0.00400. The molecule has 0 bridgehead atoms. The molecule has 2 aromatic rings. The molecule has 0 unspecified atom stereocenters. The SMILES string of the molecule is O=C(O)c1cccc(CNS(=O)(=O)c2cccc(Cl)c2)c1. The Bertz CT molecular complexity index is 774. The Labute approximate surface area is 127 Å². The van der Waals surface area contributed by atoms with Crippen LogP contribution in [0, 0.1) is 0 Å². The number of rotatable bonds is 5. The normalized spacial score (nSPS) is 11.3. The molecule has 0 spiro atoms. The van der Waals surface area contributed by atoms with Crippen LogP contribution in [0.3, 0.4) is 0 Å². The maximum Gasteiger partial charge on any atom is 0.335 e. The first-order valence-electron chi connectivity index (χ1n) is 5.96. The van der Waals surface area contributed by atoms with Gasteiger partial charge in [-0.3, -0.25) is 0 Å². The minimum absolute atomic E-state index is 0.00400. The van der Waals surface area contributed by atoms with Crippen molar-refractivity contribution in [1.29, 1.82) is 0 Å². The maximum absolute atomic E-state index is 12.1. The zero-order valence-corrected chi connectivity index (χ0v) is 12.4. The molecule has 0 aliphatic rings. The van der Waals surface area contributed by atoms with Crippen molar-refractivity contribution in [2.24, 2.45) is 0 Å². The molecule has 0 saturated heterocycles. The number of halogens is 1. The number of carboxylic acid groups (broad SMARTS) is 1. The lowest BCUT2D eigenvalue weighted by Gasteiger charge is -2.07. The van der Waals surface area contributed by atoms with Crippen LogP contribution in [0.2, 0.25) is 5.02 Å². The van der Waals surface area contributed by atoms with Crippen LogP contribution in [0.25, 0.3) is 0 Å². The van der Waals surface area contributed by atoms with Gasteiger partial charge >= 0.3 is 5.97 Å². The molecule has 0 saturated carbocycles. The molecule has 110 valence electrons. The maximum atomic E-state index is 12.1. The first-order valence-corrected chi connectivity index (χ1v) is 7.82. The molecule has 0 atom stereocenters. The first kappa shape index (κ1) is 15.5. The highest BCUT2D eigenvalue weighted by Gasteiger charge is 2.14. The number of hydrogen-bond acceptors (Lipinski definition) is 3. The van der Waals surface area contributed by atoms with Crippen molar-refractivity contribution in [3.63, 3.8) is 0 Å². The third kappa shape index (κ3) is 4.04. The van der Waals surface area contributed by atoms with E-state index in [4.69, 9.17) is 16.7 Å².